The molecule has 5 nitrogen and oxygen atoms in total. The predicted octanol–water partition coefficient (Wildman–Crippen LogP) is 4.81. The van der Waals surface area contributed by atoms with Gasteiger partial charge in [-0.3, -0.25) is 0 Å². The van der Waals surface area contributed by atoms with E-state index in [0.29, 0.717) is 11.6 Å². The van der Waals surface area contributed by atoms with Gasteiger partial charge in [0.1, 0.15) is 5.58 Å². The fourth-order valence-corrected chi connectivity index (χ4v) is 3.14. The Hall–Kier alpha value is -2.18. The van der Waals surface area contributed by atoms with Crippen molar-refractivity contribution in [1.82, 2.24) is 20.6 Å². The van der Waals surface area contributed by atoms with Gasteiger partial charge in [-0.15, -0.1) is 10.2 Å². The molecule has 0 spiro atoms. The van der Waals surface area contributed by atoms with Crippen LogP contribution < -0.4 is 0 Å². The number of H-pyrrole nitrogens is 1. The van der Waals surface area contributed by atoms with E-state index in [-0.39, 0.29) is 0 Å². The zero-order valence-electron chi connectivity index (χ0n) is 12.5. The number of benzene rings is 2. The Morgan fingerprint density at radius 3 is 2.58 bits per heavy atom. The number of nitrogens with zero attached hydrogens (tertiary/aromatic N) is 3. The Morgan fingerprint density at radius 1 is 1.04 bits per heavy atom. The van der Waals surface area contributed by atoms with Gasteiger partial charge in [-0.1, -0.05) is 29.8 Å². The van der Waals surface area contributed by atoms with Crippen molar-refractivity contribution in [3.05, 3.63) is 63.1 Å². The Bertz CT molecular complexity index is 997. The summed E-state index contributed by atoms with van der Waals surface area (Å²) in [6.07, 6.45) is 1.85. The molecule has 1 N–H and O–H groups in total. The van der Waals surface area contributed by atoms with Crippen molar-refractivity contribution in [3.63, 3.8) is 0 Å². The maximum atomic E-state index is 6.03. The van der Waals surface area contributed by atoms with E-state index >= 15 is 0 Å². The van der Waals surface area contributed by atoms with Crippen LogP contribution in [0.3, 0.4) is 0 Å². The first-order valence-corrected chi connectivity index (χ1v) is 8.56. The minimum Gasteiger partial charge on any atom is -0.453 e. The van der Waals surface area contributed by atoms with Crippen LogP contribution >= 0.6 is 27.5 Å². The standard InChI is InChI=1S/C17H12BrClN4O/c18-13-7-10(4-6-14(13)19)1-2-11-3-5-12-9-16(24-15(12)8-11)17-20-22-23-21-17/h3-9H,1-2H2,(H,20,21,22,23). The van der Waals surface area contributed by atoms with Gasteiger partial charge in [-0.2, -0.15) is 5.21 Å². The van der Waals surface area contributed by atoms with Crippen LogP contribution in [-0.4, -0.2) is 20.6 Å². The number of rotatable bonds is 4. The third-order valence-electron chi connectivity index (χ3n) is 3.84. The van der Waals surface area contributed by atoms with Crippen LogP contribution in [0.25, 0.3) is 22.6 Å². The molecule has 0 aliphatic rings. The Labute approximate surface area is 151 Å². The van der Waals surface area contributed by atoms with Gasteiger partial charge >= 0.3 is 0 Å². The van der Waals surface area contributed by atoms with Gasteiger partial charge in [-0.25, -0.2) is 0 Å². The maximum Gasteiger partial charge on any atom is 0.239 e. The van der Waals surface area contributed by atoms with Gasteiger partial charge in [-0.05, 0) is 69.4 Å². The van der Waals surface area contributed by atoms with Crippen molar-refractivity contribution < 1.29 is 4.42 Å². The third kappa shape index (κ3) is 3.07. The zero-order chi connectivity index (χ0) is 16.5. The smallest absolute Gasteiger partial charge is 0.239 e. The van der Waals surface area contributed by atoms with Crippen molar-refractivity contribution >= 4 is 38.5 Å². The Balaban J connectivity index is 1.55. The number of halogens is 2. The molecule has 7 heteroatoms. The van der Waals surface area contributed by atoms with Crippen LogP contribution in [0.5, 0.6) is 0 Å². The summed E-state index contributed by atoms with van der Waals surface area (Å²) in [5.41, 5.74) is 3.27. The van der Waals surface area contributed by atoms with Crippen LogP contribution in [0.2, 0.25) is 5.02 Å². The first-order chi connectivity index (χ1) is 11.7. The topological polar surface area (TPSA) is 67.6 Å². The average Bonchev–Trinajstić information content (AvgIpc) is 3.24. The molecular weight excluding hydrogens is 392 g/mol. The zero-order valence-corrected chi connectivity index (χ0v) is 14.8. The number of nitrogens with one attached hydrogen (secondary N) is 1. The fourth-order valence-electron chi connectivity index (χ4n) is 2.59. The highest BCUT2D eigenvalue weighted by molar-refractivity contribution is 9.10. The number of hydrogen-bond acceptors (Lipinski definition) is 4. The lowest BCUT2D eigenvalue weighted by Gasteiger charge is -2.04. The van der Waals surface area contributed by atoms with E-state index in [4.69, 9.17) is 16.0 Å². The first-order valence-electron chi connectivity index (χ1n) is 7.39. The monoisotopic (exact) mass is 402 g/mol. The highest BCUT2D eigenvalue weighted by Gasteiger charge is 2.10. The van der Waals surface area contributed by atoms with Gasteiger partial charge in [0.05, 0.1) is 5.02 Å². The largest absolute Gasteiger partial charge is 0.453 e. The maximum absolute atomic E-state index is 6.03. The lowest BCUT2D eigenvalue weighted by atomic mass is 10.0. The first kappa shape index (κ1) is 15.4. The minimum atomic E-state index is 0.457. The molecule has 0 amide bonds. The molecular formula is C17H12BrClN4O. The predicted molar refractivity (Wildman–Crippen MR) is 95.9 cm³/mol. The lowest BCUT2D eigenvalue weighted by molar-refractivity contribution is 0.625. The summed E-state index contributed by atoms with van der Waals surface area (Å²) in [7, 11) is 0. The molecule has 4 aromatic rings. The van der Waals surface area contributed by atoms with Crippen molar-refractivity contribution in [2.24, 2.45) is 0 Å². The number of aromatic nitrogens is 4. The van der Waals surface area contributed by atoms with Crippen molar-refractivity contribution in [1.29, 1.82) is 0 Å². The summed E-state index contributed by atoms with van der Waals surface area (Å²) in [5, 5.41) is 15.6. The van der Waals surface area contributed by atoms with Gasteiger partial charge in [0.25, 0.3) is 0 Å². The summed E-state index contributed by atoms with van der Waals surface area (Å²) in [5.74, 6) is 1.07. The highest BCUT2D eigenvalue weighted by Crippen LogP contribution is 2.27. The van der Waals surface area contributed by atoms with E-state index in [1.807, 2.05) is 18.2 Å². The molecule has 2 aromatic carbocycles. The fraction of sp³-hybridized carbons (Fsp3) is 0.118. The molecule has 0 saturated carbocycles. The van der Waals surface area contributed by atoms with Crippen LogP contribution in [0.15, 0.2) is 51.4 Å². The number of furan rings is 1. The number of hydrogen-bond donors (Lipinski definition) is 1. The van der Waals surface area contributed by atoms with Crippen LogP contribution in [0.4, 0.5) is 0 Å². The van der Waals surface area contributed by atoms with Gasteiger partial charge in [0.2, 0.25) is 5.82 Å². The average molecular weight is 404 g/mol. The molecule has 0 aliphatic carbocycles. The van der Waals surface area contributed by atoms with Crippen molar-refractivity contribution in [2.45, 2.75) is 12.8 Å². The molecule has 24 heavy (non-hydrogen) atoms. The second-order valence-electron chi connectivity index (χ2n) is 5.47. The quantitative estimate of drug-likeness (QED) is 0.531. The van der Waals surface area contributed by atoms with Gasteiger partial charge in [0.15, 0.2) is 5.76 Å². The molecule has 2 heterocycles. The summed E-state index contributed by atoms with van der Waals surface area (Å²) >= 11 is 9.49. The van der Waals surface area contributed by atoms with E-state index in [9.17, 15) is 0 Å². The SMILES string of the molecule is Clc1ccc(CCc2ccc3cc(-c4nn[nH]n4)oc3c2)cc1Br. The third-order valence-corrected chi connectivity index (χ3v) is 5.05. The van der Waals surface area contributed by atoms with Crippen molar-refractivity contribution in [3.8, 4) is 11.6 Å². The molecule has 0 bridgehead atoms. The van der Waals surface area contributed by atoms with Crippen LogP contribution in [0.1, 0.15) is 11.1 Å². The van der Waals surface area contributed by atoms with E-state index in [2.05, 4.69) is 60.8 Å². The number of tetrazole rings is 1. The van der Waals surface area contributed by atoms with E-state index in [1.54, 1.807) is 0 Å². The molecule has 120 valence electrons. The van der Waals surface area contributed by atoms with E-state index in [1.165, 1.54) is 11.1 Å². The second-order valence-corrected chi connectivity index (χ2v) is 6.73. The normalized spacial score (nSPS) is 11.2. The minimum absolute atomic E-state index is 0.457. The Kier molecular flexibility index (Phi) is 4.08. The number of aryl methyl sites for hydroxylation is 2. The second kappa shape index (κ2) is 6.37. The number of fused-ring (bicyclic) bond motifs is 1. The molecule has 0 aliphatic heterocycles. The summed E-state index contributed by atoms with van der Waals surface area (Å²) < 4.78 is 6.75. The summed E-state index contributed by atoms with van der Waals surface area (Å²) in [6.45, 7) is 0. The van der Waals surface area contributed by atoms with Gasteiger partial charge in [0, 0.05) is 9.86 Å². The van der Waals surface area contributed by atoms with Crippen LogP contribution in [0, 0.1) is 0 Å². The van der Waals surface area contributed by atoms with Crippen LogP contribution in [-0.2, 0) is 12.8 Å². The van der Waals surface area contributed by atoms with Crippen molar-refractivity contribution in [2.75, 3.05) is 0 Å². The van der Waals surface area contributed by atoms with E-state index < -0.39 is 0 Å². The van der Waals surface area contributed by atoms with E-state index in [0.717, 1.165) is 33.3 Å². The van der Waals surface area contributed by atoms with Gasteiger partial charge < -0.3 is 4.42 Å². The highest BCUT2D eigenvalue weighted by atomic mass is 79.9. The molecule has 2 aromatic heterocycles. The summed E-state index contributed by atoms with van der Waals surface area (Å²) in [6, 6.07) is 14.2. The summed E-state index contributed by atoms with van der Waals surface area (Å²) in [4.78, 5) is 0. The molecule has 0 saturated heterocycles. The molecule has 4 rings (SSSR count). The molecule has 0 fully saturated rings. The Morgan fingerprint density at radius 2 is 1.83 bits per heavy atom. The molecule has 0 unspecified atom stereocenters. The number of aromatic amines is 1. The molecule has 0 radical (unpaired) electrons. The molecule has 0 atom stereocenters. The lowest BCUT2D eigenvalue weighted by Crippen LogP contribution is -1.91.